The zero-order valence-electron chi connectivity index (χ0n) is 16.2. The van der Waals surface area contributed by atoms with E-state index in [4.69, 9.17) is 4.74 Å². The van der Waals surface area contributed by atoms with Gasteiger partial charge < -0.3 is 20.3 Å². The number of aliphatic hydroxyl groups is 2. The molecular formula is C23H26N2O3. The molecule has 3 N–H and O–H groups in total. The van der Waals surface area contributed by atoms with Crippen molar-refractivity contribution in [1.82, 2.24) is 10.3 Å². The van der Waals surface area contributed by atoms with Crippen molar-refractivity contribution in [3.05, 3.63) is 71.4 Å². The first-order valence-corrected chi connectivity index (χ1v) is 9.66. The van der Waals surface area contributed by atoms with Crippen molar-refractivity contribution in [2.24, 2.45) is 0 Å². The predicted molar refractivity (Wildman–Crippen MR) is 109 cm³/mol. The van der Waals surface area contributed by atoms with Crippen molar-refractivity contribution >= 4 is 10.9 Å². The molecule has 2 atom stereocenters. The predicted octanol–water partition coefficient (Wildman–Crippen LogP) is 3.13. The van der Waals surface area contributed by atoms with E-state index in [0.717, 1.165) is 40.7 Å². The smallest absolute Gasteiger partial charge is 0.131 e. The molecule has 0 bridgehead atoms. The molecule has 4 rings (SSSR count). The summed E-state index contributed by atoms with van der Waals surface area (Å²) >= 11 is 0. The second-order valence-corrected chi connectivity index (χ2v) is 7.85. The van der Waals surface area contributed by atoms with Gasteiger partial charge in [-0.25, -0.2) is 0 Å². The van der Waals surface area contributed by atoms with Crippen LogP contribution in [0, 0.1) is 0 Å². The minimum absolute atomic E-state index is 0.0530. The molecule has 5 nitrogen and oxygen atoms in total. The first-order valence-electron chi connectivity index (χ1n) is 9.66. The van der Waals surface area contributed by atoms with Gasteiger partial charge in [-0.3, -0.25) is 4.98 Å². The Balaban J connectivity index is 1.67. The second kappa shape index (κ2) is 7.51. The van der Waals surface area contributed by atoms with Crippen LogP contribution in [0.15, 0.2) is 54.7 Å². The van der Waals surface area contributed by atoms with Crippen LogP contribution in [0.25, 0.3) is 10.9 Å². The lowest BCUT2D eigenvalue weighted by atomic mass is 9.85. The summed E-state index contributed by atoms with van der Waals surface area (Å²) in [5, 5.41) is 25.0. The SMILES string of the molecule is CC1(C)Oc2cc3c(CO)ccnc3cc2[C@H](NCCc2ccccc2)[C@H]1O. The second-order valence-electron chi connectivity index (χ2n) is 7.85. The first kappa shape index (κ1) is 18.9. The summed E-state index contributed by atoms with van der Waals surface area (Å²) in [6.45, 7) is 4.48. The van der Waals surface area contributed by atoms with Crippen molar-refractivity contribution in [3.63, 3.8) is 0 Å². The zero-order valence-corrected chi connectivity index (χ0v) is 16.2. The highest BCUT2D eigenvalue weighted by molar-refractivity contribution is 5.85. The minimum atomic E-state index is -0.729. The summed E-state index contributed by atoms with van der Waals surface area (Å²) in [6, 6.07) is 15.7. The fraction of sp³-hybridized carbons (Fsp3) is 0.348. The summed E-state index contributed by atoms with van der Waals surface area (Å²) in [6.07, 6.45) is 1.87. The Labute approximate surface area is 165 Å². The maximum atomic E-state index is 11.0. The number of ether oxygens (including phenoxy) is 1. The van der Waals surface area contributed by atoms with Gasteiger partial charge in [-0.05, 0) is 56.1 Å². The molecule has 0 spiro atoms. The van der Waals surface area contributed by atoms with Crippen molar-refractivity contribution in [3.8, 4) is 5.75 Å². The monoisotopic (exact) mass is 378 g/mol. The highest BCUT2D eigenvalue weighted by Crippen LogP contribution is 2.42. The number of hydrogen-bond donors (Lipinski definition) is 3. The lowest BCUT2D eigenvalue weighted by molar-refractivity contribution is -0.0642. The molecule has 1 aromatic heterocycles. The van der Waals surface area contributed by atoms with Gasteiger partial charge in [-0.1, -0.05) is 30.3 Å². The summed E-state index contributed by atoms with van der Waals surface area (Å²) in [4.78, 5) is 4.45. The van der Waals surface area contributed by atoms with Crippen LogP contribution < -0.4 is 10.1 Å². The number of hydrogen-bond acceptors (Lipinski definition) is 5. The summed E-state index contributed by atoms with van der Waals surface area (Å²) in [7, 11) is 0. The normalized spacial score (nSPS) is 20.6. The Kier molecular flexibility index (Phi) is 5.06. The number of nitrogens with one attached hydrogen (secondary N) is 1. The molecule has 0 radical (unpaired) electrons. The van der Waals surface area contributed by atoms with E-state index < -0.39 is 11.7 Å². The third-order valence-electron chi connectivity index (χ3n) is 5.49. The van der Waals surface area contributed by atoms with Gasteiger partial charge in [0, 0.05) is 17.1 Å². The highest BCUT2D eigenvalue weighted by Gasteiger charge is 2.42. The topological polar surface area (TPSA) is 74.6 Å². The van der Waals surface area contributed by atoms with Crippen LogP contribution >= 0.6 is 0 Å². The van der Waals surface area contributed by atoms with E-state index >= 15 is 0 Å². The molecular weight excluding hydrogens is 352 g/mol. The van der Waals surface area contributed by atoms with Crippen molar-refractivity contribution < 1.29 is 14.9 Å². The van der Waals surface area contributed by atoms with Gasteiger partial charge in [0.2, 0.25) is 0 Å². The maximum absolute atomic E-state index is 11.0. The molecule has 28 heavy (non-hydrogen) atoms. The van der Waals surface area contributed by atoms with Gasteiger partial charge in [0.05, 0.1) is 18.2 Å². The minimum Gasteiger partial charge on any atom is -0.485 e. The van der Waals surface area contributed by atoms with E-state index in [1.54, 1.807) is 6.20 Å². The van der Waals surface area contributed by atoms with Gasteiger partial charge >= 0.3 is 0 Å². The van der Waals surface area contributed by atoms with Crippen LogP contribution in [0.4, 0.5) is 0 Å². The molecule has 0 amide bonds. The van der Waals surface area contributed by atoms with Crippen LogP contribution in [-0.2, 0) is 13.0 Å². The maximum Gasteiger partial charge on any atom is 0.131 e. The Bertz CT molecular complexity index is 972. The molecule has 0 saturated carbocycles. The van der Waals surface area contributed by atoms with Crippen LogP contribution in [-0.4, -0.2) is 33.4 Å². The van der Waals surface area contributed by atoms with E-state index in [1.165, 1.54) is 5.56 Å². The average Bonchev–Trinajstić information content (AvgIpc) is 2.70. The van der Waals surface area contributed by atoms with Gasteiger partial charge in [0.1, 0.15) is 17.5 Å². The standard InChI is InChI=1S/C23H26N2O3/c1-23(2)22(27)21(25-10-8-15-6-4-3-5-7-15)18-12-19-17(13-20(18)28-23)16(14-26)9-11-24-19/h3-7,9,11-13,21-22,25-27H,8,10,14H2,1-2H3/t21-,22+/m0/s1. The van der Waals surface area contributed by atoms with Gasteiger partial charge in [-0.15, -0.1) is 0 Å². The molecule has 2 heterocycles. The molecule has 146 valence electrons. The Hall–Kier alpha value is -2.47. The molecule has 1 aliphatic rings. The number of rotatable bonds is 5. The Morgan fingerprint density at radius 2 is 1.93 bits per heavy atom. The molecule has 0 saturated heterocycles. The van der Waals surface area contributed by atoms with Crippen molar-refractivity contribution in [1.29, 1.82) is 0 Å². The van der Waals surface area contributed by atoms with E-state index in [1.807, 2.05) is 50.2 Å². The number of fused-ring (bicyclic) bond motifs is 2. The lowest BCUT2D eigenvalue weighted by Gasteiger charge is -2.42. The summed E-state index contributed by atoms with van der Waals surface area (Å²) in [5.41, 5.74) is 3.02. The number of nitrogens with zero attached hydrogens (tertiary/aromatic N) is 1. The molecule has 1 aliphatic heterocycles. The van der Waals surface area contributed by atoms with E-state index in [9.17, 15) is 10.2 Å². The summed E-state index contributed by atoms with van der Waals surface area (Å²) < 4.78 is 6.13. The van der Waals surface area contributed by atoms with E-state index in [2.05, 4.69) is 22.4 Å². The molecule has 0 fully saturated rings. The summed E-state index contributed by atoms with van der Waals surface area (Å²) in [5.74, 6) is 0.725. The number of aromatic nitrogens is 1. The third kappa shape index (κ3) is 3.49. The Morgan fingerprint density at radius 3 is 2.68 bits per heavy atom. The molecule has 0 unspecified atom stereocenters. The van der Waals surface area contributed by atoms with Gasteiger partial charge in [-0.2, -0.15) is 0 Å². The molecule has 3 aromatic rings. The van der Waals surface area contributed by atoms with Crippen LogP contribution in [0.3, 0.4) is 0 Å². The molecule has 2 aromatic carbocycles. The van der Waals surface area contributed by atoms with E-state index in [-0.39, 0.29) is 12.6 Å². The quantitative estimate of drug-likeness (QED) is 0.636. The van der Waals surface area contributed by atoms with Crippen LogP contribution in [0.5, 0.6) is 5.75 Å². The van der Waals surface area contributed by atoms with Crippen molar-refractivity contribution in [2.45, 2.75) is 44.6 Å². The average molecular weight is 378 g/mol. The lowest BCUT2D eigenvalue weighted by Crippen LogP contribution is -2.52. The fourth-order valence-corrected chi connectivity index (χ4v) is 3.87. The van der Waals surface area contributed by atoms with Crippen LogP contribution in [0.2, 0.25) is 0 Å². The number of benzene rings is 2. The molecule has 0 aliphatic carbocycles. The van der Waals surface area contributed by atoms with Crippen LogP contribution in [0.1, 0.15) is 36.6 Å². The van der Waals surface area contributed by atoms with Gasteiger partial charge in [0.25, 0.3) is 0 Å². The number of pyridine rings is 1. The number of aliphatic hydroxyl groups excluding tert-OH is 2. The highest BCUT2D eigenvalue weighted by atomic mass is 16.5. The largest absolute Gasteiger partial charge is 0.485 e. The van der Waals surface area contributed by atoms with Gasteiger partial charge in [0.15, 0.2) is 0 Å². The fourth-order valence-electron chi connectivity index (χ4n) is 3.87. The zero-order chi connectivity index (χ0) is 19.7. The first-order chi connectivity index (χ1) is 13.5. The Morgan fingerprint density at radius 1 is 1.14 bits per heavy atom. The third-order valence-corrected chi connectivity index (χ3v) is 5.49. The van der Waals surface area contributed by atoms with E-state index in [0.29, 0.717) is 0 Å². The van der Waals surface area contributed by atoms with Crippen molar-refractivity contribution in [2.75, 3.05) is 6.54 Å². The molecule has 5 heteroatoms.